The summed E-state index contributed by atoms with van der Waals surface area (Å²) in [6.07, 6.45) is -0.488. The first-order valence-corrected chi connectivity index (χ1v) is 3.04. The Balaban J connectivity index is 2.52. The molecule has 0 amide bonds. The van der Waals surface area contributed by atoms with Crippen molar-refractivity contribution < 1.29 is 9.84 Å². The Hall–Kier alpha value is -0.340. The van der Waals surface area contributed by atoms with Crippen molar-refractivity contribution in [3.8, 4) is 0 Å². The van der Waals surface area contributed by atoms with E-state index in [9.17, 15) is 5.11 Å². The fraction of sp³-hybridized carbons (Fsp3) is 0.714. The molecule has 1 heterocycles. The molecule has 0 aliphatic carbocycles. The summed E-state index contributed by atoms with van der Waals surface area (Å²) in [5.41, 5.74) is 0.459. The molecule has 2 atom stereocenters. The third-order valence-corrected chi connectivity index (χ3v) is 1.64. The first-order valence-electron chi connectivity index (χ1n) is 3.04. The van der Waals surface area contributed by atoms with Crippen LogP contribution in [0.4, 0.5) is 0 Å². The van der Waals surface area contributed by atoms with Gasteiger partial charge in [0.2, 0.25) is 0 Å². The number of ether oxygens (including phenoxy) is 1. The summed E-state index contributed by atoms with van der Waals surface area (Å²) in [6.45, 7) is 7.97. The zero-order valence-electron chi connectivity index (χ0n) is 5.85. The van der Waals surface area contributed by atoms with Crippen molar-refractivity contribution in [1.82, 2.24) is 0 Å². The summed E-state index contributed by atoms with van der Waals surface area (Å²) >= 11 is 0. The average molecular weight is 128 g/mol. The molecule has 0 aromatic heterocycles. The van der Waals surface area contributed by atoms with Crippen LogP contribution in [0, 0.1) is 0 Å². The van der Waals surface area contributed by atoms with Gasteiger partial charge in [-0.25, -0.2) is 0 Å². The van der Waals surface area contributed by atoms with Crippen molar-refractivity contribution in [2.45, 2.75) is 25.6 Å². The highest BCUT2D eigenvalue weighted by Crippen LogP contribution is 2.32. The largest absolute Gasteiger partial charge is 0.386 e. The Morgan fingerprint density at radius 3 is 2.44 bits per heavy atom. The molecule has 1 N–H and O–H groups in total. The standard InChI is InChI=1S/C7H12O2/c1-5(2)6(8)7(3)4-9-7/h6,8H,1,4H2,2-3H3/t6-,7?/m0/s1. The van der Waals surface area contributed by atoms with Crippen molar-refractivity contribution >= 4 is 0 Å². The molecule has 1 aliphatic rings. The summed E-state index contributed by atoms with van der Waals surface area (Å²) in [7, 11) is 0. The average Bonchev–Trinajstić information content (AvgIpc) is 2.47. The molecule has 0 aromatic rings. The van der Waals surface area contributed by atoms with Crippen LogP contribution in [0.25, 0.3) is 0 Å². The lowest BCUT2D eigenvalue weighted by atomic mass is 10.0. The first-order chi connectivity index (χ1) is 4.06. The van der Waals surface area contributed by atoms with Gasteiger partial charge in [0.05, 0.1) is 6.61 Å². The lowest BCUT2D eigenvalue weighted by Gasteiger charge is -2.13. The van der Waals surface area contributed by atoms with Crippen LogP contribution in [0.15, 0.2) is 12.2 Å². The predicted molar refractivity (Wildman–Crippen MR) is 35.2 cm³/mol. The van der Waals surface area contributed by atoms with E-state index in [1.807, 2.05) is 6.92 Å². The van der Waals surface area contributed by atoms with Crippen LogP contribution in [-0.4, -0.2) is 23.4 Å². The molecular weight excluding hydrogens is 116 g/mol. The van der Waals surface area contributed by atoms with E-state index in [1.54, 1.807) is 6.92 Å². The van der Waals surface area contributed by atoms with Gasteiger partial charge in [0.1, 0.15) is 11.7 Å². The Morgan fingerprint density at radius 2 is 2.33 bits per heavy atom. The van der Waals surface area contributed by atoms with Gasteiger partial charge in [0.25, 0.3) is 0 Å². The Kier molecular flexibility index (Phi) is 1.37. The van der Waals surface area contributed by atoms with Crippen molar-refractivity contribution in [2.24, 2.45) is 0 Å². The quantitative estimate of drug-likeness (QED) is 0.439. The van der Waals surface area contributed by atoms with Crippen molar-refractivity contribution in [1.29, 1.82) is 0 Å². The molecule has 52 valence electrons. The van der Waals surface area contributed by atoms with Crippen LogP contribution in [0.3, 0.4) is 0 Å². The normalized spacial score (nSPS) is 35.9. The maximum Gasteiger partial charge on any atom is 0.118 e. The first kappa shape index (κ1) is 6.78. The molecule has 9 heavy (non-hydrogen) atoms. The lowest BCUT2D eigenvalue weighted by molar-refractivity contribution is 0.114. The van der Waals surface area contributed by atoms with Gasteiger partial charge in [-0.15, -0.1) is 0 Å². The van der Waals surface area contributed by atoms with Crippen LogP contribution in [0.5, 0.6) is 0 Å². The van der Waals surface area contributed by atoms with E-state index in [0.717, 1.165) is 5.57 Å². The van der Waals surface area contributed by atoms with E-state index in [2.05, 4.69) is 6.58 Å². The van der Waals surface area contributed by atoms with Gasteiger partial charge in [-0.1, -0.05) is 6.58 Å². The molecule has 1 unspecified atom stereocenters. The minimum atomic E-state index is -0.488. The van der Waals surface area contributed by atoms with Gasteiger partial charge >= 0.3 is 0 Å². The van der Waals surface area contributed by atoms with Gasteiger partial charge in [-0.2, -0.15) is 0 Å². The monoisotopic (exact) mass is 128 g/mol. The van der Waals surface area contributed by atoms with Crippen LogP contribution >= 0.6 is 0 Å². The highest BCUT2D eigenvalue weighted by Gasteiger charge is 2.46. The molecule has 2 heteroatoms. The van der Waals surface area contributed by atoms with E-state index < -0.39 is 6.10 Å². The van der Waals surface area contributed by atoms with E-state index in [4.69, 9.17) is 4.74 Å². The van der Waals surface area contributed by atoms with Gasteiger partial charge in [-0.3, -0.25) is 0 Å². The highest BCUT2D eigenvalue weighted by atomic mass is 16.6. The summed E-state index contributed by atoms with van der Waals surface area (Å²) in [4.78, 5) is 0. The molecule has 1 saturated heterocycles. The molecule has 2 nitrogen and oxygen atoms in total. The summed E-state index contributed by atoms with van der Waals surface area (Å²) in [6, 6.07) is 0. The fourth-order valence-electron chi connectivity index (χ4n) is 0.793. The summed E-state index contributed by atoms with van der Waals surface area (Å²) in [5, 5.41) is 9.30. The SMILES string of the molecule is C=C(C)[C@H](O)C1(C)CO1. The van der Waals surface area contributed by atoms with Crippen molar-refractivity contribution in [2.75, 3.05) is 6.61 Å². The van der Waals surface area contributed by atoms with E-state index >= 15 is 0 Å². The van der Waals surface area contributed by atoms with Crippen LogP contribution in [0.2, 0.25) is 0 Å². The minimum Gasteiger partial charge on any atom is -0.386 e. The smallest absolute Gasteiger partial charge is 0.118 e. The van der Waals surface area contributed by atoms with Crippen LogP contribution in [0.1, 0.15) is 13.8 Å². The van der Waals surface area contributed by atoms with Crippen LogP contribution in [-0.2, 0) is 4.74 Å². The second-order valence-electron chi connectivity index (χ2n) is 2.85. The number of hydrogen-bond acceptors (Lipinski definition) is 2. The molecule has 1 fully saturated rings. The second-order valence-corrected chi connectivity index (χ2v) is 2.85. The molecule has 0 saturated carbocycles. The number of aliphatic hydroxyl groups is 1. The molecular formula is C7H12O2. The van der Waals surface area contributed by atoms with E-state index in [1.165, 1.54) is 0 Å². The molecule has 0 aromatic carbocycles. The van der Waals surface area contributed by atoms with E-state index in [0.29, 0.717) is 6.61 Å². The molecule has 0 bridgehead atoms. The van der Waals surface area contributed by atoms with E-state index in [-0.39, 0.29) is 5.60 Å². The maximum atomic E-state index is 9.30. The number of aliphatic hydroxyl groups excluding tert-OH is 1. The van der Waals surface area contributed by atoms with Crippen LogP contribution < -0.4 is 0 Å². The number of rotatable bonds is 2. The molecule has 0 radical (unpaired) electrons. The van der Waals surface area contributed by atoms with Crippen molar-refractivity contribution in [3.63, 3.8) is 0 Å². The van der Waals surface area contributed by atoms with Gasteiger partial charge in [0, 0.05) is 0 Å². The molecule has 1 aliphatic heterocycles. The number of hydrogen-bond donors (Lipinski definition) is 1. The fourth-order valence-corrected chi connectivity index (χ4v) is 0.793. The third kappa shape index (κ3) is 1.14. The maximum absolute atomic E-state index is 9.30. The minimum absolute atomic E-state index is 0.314. The topological polar surface area (TPSA) is 32.8 Å². The summed E-state index contributed by atoms with van der Waals surface area (Å²) in [5.74, 6) is 0. The van der Waals surface area contributed by atoms with Gasteiger partial charge in [-0.05, 0) is 19.4 Å². The van der Waals surface area contributed by atoms with Crippen molar-refractivity contribution in [3.05, 3.63) is 12.2 Å². The third-order valence-electron chi connectivity index (χ3n) is 1.64. The number of epoxide rings is 1. The molecule has 1 rings (SSSR count). The highest BCUT2D eigenvalue weighted by molar-refractivity contribution is 5.10. The summed E-state index contributed by atoms with van der Waals surface area (Å²) < 4.78 is 5.01. The lowest BCUT2D eigenvalue weighted by Crippen LogP contribution is -2.26. The van der Waals surface area contributed by atoms with Gasteiger partial charge < -0.3 is 9.84 Å². The Bertz CT molecular complexity index is 136. The Morgan fingerprint density at radius 1 is 1.89 bits per heavy atom. The predicted octanol–water partition coefficient (Wildman–Crippen LogP) is 0.712. The van der Waals surface area contributed by atoms with Gasteiger partial charge in [0.15, 0.2) is 0 Å². The molecule has 0 spiro atoms. The zero-order valence-corrected chi connectivity index (χ0v) is 5.85. The second kappa shape index (κ2) is 1.82. The zero-order chi connectivity index (χ0) is 7.07. The Labute approximate surface area is 55.1 Å².